The van der Waals surface area contributed by atoms with Crippen LogP contribution in [0.15, 0.2) is 6.20 Å². The van der Waals surface area contributed by atoms with E-state index in [9.17, 15) is 4.79 Å². The zero-order chi connectivity index (χ0) is 12.1. The lowest BCUT2D eigenvalue weighted by molar-refractivity contribution is 0.0780. The zero-order valence-electron chi connectivity index (χ0n) is 10.2. The number of carbonyl (C=O) groups is 1. The van der Waals surface area contributed by atoms with E-state index in [2.05, 4.69) is 5.10 Å². The number of aromatic nitrogens is 2. The highest BCUT2D eigenvalue weighted by Gasteiger charge is 2.20. The Kier molecular flexibility index (Phi) is 4.49. The van der Waals surface area contributed by atoms with E-state index in [4.69, 9.17) is 9.47 Å². The second-order valence-electron chi connectivity index (χ2n) is 3.55. The van der Waals surface area contributed by atoms with Gasteiger partial charge in [-0.05, 0) is 13.8 Å². The Bertz CT molecular complexity index is 339. The van der Waals surface area contributed by atoms with E-state index in [-0.39, 0.29) is 11.9 Å². The van der Waals surface area contributed by atoms with Crippen LogP contribution in [0.2, 0.25) is 0 Å². The molecular formula is C11H18N2O3. The van der Waals surface area contributed by atoms with E-state index in [1.165, 1.54) is 7.11 Å². The largest absolute Gasteiger partial charge is 0.493 e. The minimum absolute atomic E-state index is 0.00875. The molecule has 1 aromatic rings. The topological polar surface area (TPSA) is 53.4 Å². The molecule has 0 spiro atoms. The Morgan fingerprint density at radius 1 is 1.56 bits per heavy atom. The summed E-state index contributed by atoms with van der Waals surface area (Å²) in [6, 6.07) is 0. The van der Waals surface area contributed by atoms with Crippen LogP contribution in [0.3, 0.4) is 0 Å². The maximum absolute atomic E-state index is 12.0. The first-order chi connectivity index (χ1) is 7.63. The quantitative estimate of drug-likeness (QED) is 0.690. The third kappa shape index (κ3) is 2.61. The standard InChI is InChI=1S/C11H18N2O3/c1-5-13-11(10(16-4)7-12-13)9(14)6-8(2)15-3/h7-8H,5-6H2,1-4H3. The number of hydrogen-bond acceptors (Lipinski definition) is 4. The average molecular weight is 226 g/mol. The van der Waals surface area contributed by atoms with Crippen LogP contribution in [0.4, 0.5) is 0 Å². The van der Waals surface area contributed by atoms with Crippen LogP contribution in [0.25, 0.3) is 0 Å². The summed E-state index contributed by atoms with van der Waals surface area (Å²) < 4.78 is 11.8. The SMILES string of the molecule is CCn1ncc(OC)c1C(=O)CC(C)OC. The van der Waals surface area contributed by atoms with Crippen molar-refractivity contribution in [1.29, 1.82) is 0 Å². The van der Waals surface area contributed by atoms with E-state index in [1.54, 1.807) is 18.0 Å². The van der Waals surface area contributed by atoms with Gasteiger partial charge in [0.25, 0.3) is 0 Å². The van der Waals surface area contributed by atoms with Crippen molar-refractivity contribution >= 4 is 5.78 Å². The molecule has 1 atom stereocenters. The summed E-state index contributed by atoms with van der Waals surface area (Å²) in [6.07, 6.45) is 1.80. The number of carbonyl (C=O) groups excluding carboxylic acids is 1. The molecule has 1 heterocycles. The average Bonchev–Trinajstić information content (AvgIpc) is 2.71. The van der Waals surface area contributed by atoms with Crippen LogP contribution in [0, 0.1) is 0 Å². The van der Waals surface area contributed by atoms with Crippen molar-refractivity contribution in [3.8, 4) is 5.75 Å². The monoisotopic (exact) mass is 226 g/mol. The molecule has 0 saturated heterocycles. The number of methoxy groups -OCH3 is 2. The second kappa shape index (κ2) is 5.65. The lowest BCUT2D eigenvalue weighted by Gasteiger charge is -2.10. The highest BCUT2D eigenvalue weighted by atomic mass is 16.5. The van der Waals surface area contributed by atoms with Crippen LogP contribution < -0.4 is 4.74 Å². The van der Waals surface area contributed by atoms with Crippen molar-refractivity contribution in [1.82, 2.24) is 9.78 Å². The molecule has 0 aliphatic carbocycles. The van der Waals surface area contributed by atoms with Crippen molar-refractivity contribution in [2.24, 2.45) is 0 Å². The van der Waals surface area contributed by atoms with Gasteiger partial charge in [-0.1, -0.05) is 0 Å². The first kappa shape index (κ1) is 12.7. The zero-order valence-corrected chi connectivity index (χ0v) is 10.2. The number of ketones is 1. The molecule has 0 aliphatic rings. The van der Waals surface area contributed by atoms with E-state index >= 15 is 0 Å². The summed E-state index contributed by atoms with van der Waals surface area (Å²) >= 11 is 0. The van der Waals surface area contributed by atoms with E-state index in [1.807, 2.05) is 13.8 Å². The van der Waals surface area contributed by atoms with Gasteiger partial charge in [0.05, 0.1) is 19.4 Å². The van der Waals surface area contributed by atoms with E-state index < -0.39 is 0 Å². The van der Waals surface area contributed by atoms with Gasteiger partial charge >= 0.3 is 0 Å². The van der Waals surface area contributed by atoms with Crippen LogP contribution in [-0.4, -0.2) is 35.9 Å². The van der Waals surface area contributed by atoms with Crippen molar-refractivity contribution in [3.63, 3.8) is 0 Å². The van der Waals surface area contributed by atoms with Crippen LogP contribution in [0.1, 0.15) is 30.8 Å². The summed E-state index contributed by atoms with van der Waals surface area (Å²) in [5.41, 5.74) is 0.522. The van der Waals surface area contributed by atoms with Gasteiger partial charge in [0.15, 0.2) is 11.5 Å². The summed E-state index contributed by atoms with van der Waals surface area (Å²) in [7, 11) is 3.12. The van der Waals surface area contributed by atoms with Crippen molar-refractivity contribution in [2.45, 2.75) is 32.9 Å². The van der Waals surface area contributed by atoms with Gasteiger partial charge in [0.1, 0.15) is 5.69 Å². The minimum atomic E-state index is -0.0996. The molecule has 5 nitrogen and oxygen atoms in total. The third-order valence-electron chi connectivity index (χ3n) is 2.46. The second-order valence-corrected chi connectivity index (χ2v) is 3.55. The van der Waals surface area contributed by atoms with Crippen molar-refractivity contribution in [3.05, 3.63) is 11.9 Å². The molecule has 0 fully saturated rings. The van der Waals surface area contributed by atoms with Gasteiger partial charge in [-0.3, -0.25) is 9.48 Å². The molecule has 5 heteroatoms. The molecule has 1 unspecified atom stereocenters. The molecule has 0 aliphatic heterocycles. The van der Waals surface area contributed by atoms with Gasteiger partial charge in [-0.2, -0.15) is 5.10 Å². The summed E-state index contributed by atoms with van der Waals surface area (Å²) in [6.45, 7) is 4.44. The Morgan fingerprint density at radius 2 is 2.25 bits per heavy atom. The van der Waals surface area contributed by atoms with Crippen LogP contribution in [-0.2, 0) is 11.3 Å². The predicted molar refractivity (Wildman–Crippen MR) is 59.9 cm³/mol. The molecule has 90 valence electrons. The van der Waals surface area contributed by atoms with Gasteiger partial charge in [-0.15, -0.1) is 0 Å². The summed E-state index contributed by atoms with van der Waals surface area (Å²) in [5, 5.41) is 4.09. The Labute approximate surface area is 95.3 Å². The van der Waals surface area contributed by atoms with Gasteiger partial charge < -0.3 is 9.47 Å². The fourth-order valence-corrected chi connectivity index (χ4v) is 1.48. The first-order valence-corrected chi connectivity index (χ1v) is 5.29. The Morgan fingerprint density at radius 3 is 2.75 bits per heavy atom. The number of aryl methyl sites for hydroxylation is 1. The fraction of sp³-hybridized carbons (Fsp3) is 0.636. The number of hydrogen-bond donors (Lipinski definition) is 0. The third-order valence-corrected chi connectivity index (χ3v) is 2.46. The fourth-order valence-electron chi connectivity index (χ4n) is 1.48. The molecule has 16 heavy (non-hydrogen) atoms. The maximum atomic E-state index is 12.0. The van der Waals surface area contributed by atoms with Crippen LogP contribution in [0.5, 0.6) is 5.75 Å². The Balaban J connectivity index is 2.92. The number of nitrogens with zero attached hydrogens (tertiary/aromatic N) is 2. The highest BCUT2D eigenvalue weighted by molar-refractivity contribution is 5.97. The first-order valence-electron chi connectivity index (χ1n) is 5.29. The molecule has 0 aromatic carbocycles. The maximum Gasteiger partial charge on any atom is 0.187 e. The van der Waals surface area contributed by atoms with Crippen molar-refractivity contribution in [2.75, 3.05) is 14.2 Å². The predicted octanol–water partition coefficient (Wildman–Crippen LogP) is 1.52. The molecule has 1 aromatic heterocycles. The van der Waals surface area contributed by atoms with Gasteiger partial charge in [0, 0.05) is 20.1 Å². The van der Waals surface area contributed by atoms with E-state index in [0.29, 0.717) is 24.4 Å². The molecule has 0 amide bonds. The molecule has 0 bridgehead atoms. The molecular weight excluding hydrogens is 208 g/mol. The summed E-state index contributed by atoms with van der Waals surface area (Å²) in [5.74, 6) is 0.515. The smallest absolute Gasteiger partial charge is 0.187 e. The lowest BCUT2D eigenvalue weighted by atomic mass is 10.1. The molecule has 0 N–H and O–H groups in total. The van der Waals surface area contributed by atoms with Crippen LogP contribution >= 0.6 is 0 Å². The number of ether oxygens (including phenoxy) is 2. The number of Topliss-reactive ketones (excluding diaryl/α,β-unsaturated/α-hetero) is 1. The lowest BCUT2D eigenvalue weighted by Crippen LogP contribution is -2.17. The minimum Gasteiger partial charge on any atom is -0.493 e. The van der Waals surface area contributed by atoms with Gasteiger partial charge in [-0.25, -0.2) is 0 Å². The van der Waals surface area contributed by atoms with Crippen molar-refractivity contribution < 1.29 is 14.3 Å². The Hall–Kier alpha value is -1.36. The molecule has 1 rings (SSSR count). The summed E-state index contributed by atoms with van der Waals surface area (Å²) in [4.78, 5) is 12.0. The van der Waals surface area contributed by atoms with Gasteiger partial charge in [0.2, 0.25) is 0 Å². The highest BCUT2D eigenvalue weighted by Crippen LogP contribution is 2.20. The van der Waals surface area contributed by atoms with E-state index in [0.717, 1.165) is 0 Å². The number of rotatable bonds is 6. The normalized spacial score (nSPS) is 12.5. The molecule has 0 radical (unpaired) electrons. The molecule has 0 saturated carbocycles.